The third-order valence-electron chi connectivity index (χ3n) is 4.00. The fraction of sp³-hybridized carbons (Fsp3) is 0.300. The molecule has 9 heteroatoms. The van der Waals surface area contributed by atoms with Gasteiger partial charge in [-0.25, -0.2) is 0 Å². The first-order valence-electron chi connectivity index (χ1n) is 8.78. The molecular formula is C20H23ClF3N3O2. The lowest BCUT2D eigenvalue weighted by atomic mass is 10.1. The molecule has 0 aliphatic carbocycles. The van der Waals surface area contributed by atoms with Gasteiger partial charge in [0.15, 0.2) is 0 Å². The zero-order chi connectivity index (χ0) is 20.6. The molecule has 3 N–H and O–H groups in total. The van der Waals surface area contributed by atoms with Crippen LogP contribution in [0.2, 0.25) is 0 Å². The molecule has 5 nitrogen and oxygen atoms in total. The molecule has 0 unspecified atom stereocenters. The standard InChI is InChI=1S/C20H22F3N3O2.ClH/c1-24-12-2-3-18(27)26-17-10-4-14(5-11-17)13-25-19(28)15-6-8-16(9-7-15)20(21,22)23;/h4-11,24H,2-3,12-13H2,1H3,(H,25,28)(H,26,27);1H. The first-order chi connectivity index (χ1) is 13.3. The molecule has 0 fully saturated rings. The van der Waals surface area contributed by atoms with E-state index in [2.05, 4.69) is 16.0 Å². The summed E-state index contributed by atoms with van der Waals surface area (Å²) >= 11 is 0. The quantitative estimate of drug-likeness (QED) is 0.555. The minimum atomic E-state index is -4.43. The molecule has 0 spiro atoms. The number of carbonyl (C=O) groups is 2. The fourth-order valence-electron chi connectivity index (χ4n) is 2.45. The van der Waals surface area contributed by atoms with Crippen molar-refractivity contribution in [2.75, 3.05) is 18.9 Å². The number of rotatable bonds is 8. The monoisotopic (exact) mass is 429 g/mol. The number of alkyl halides is 3. The number of amides is 2. The van der Waals surface area contributed by atoms with E-state index in [-0.39, 0.29) is 30.4 Å². The van der Waals surface area contributed by atoms with Crippen LogP contribution < -0.4 is 16.0 Å². The molecule has 0 aromatic heterocycles. The van der Waals surface area contributed by atoms with Gasteiger partial charge in [-0.3, -0.25) is 9.59 Å². The molecule has 2 amide bonds. The molecule has 0 saturated carbocycles. The normalized spacial score (nSPS) is 10.8. The van der Waals surface area contributed by atoms with Crippen LogP contribution in [0.1, 0.15) is 34.3 Å². The van der Waals surface area contributed by atoms with E-state index < -0.39 is 17.6 Å². The largest absolute Gasteiger partial charge is 0.416 e. The van der Waals surface area contributed by atoms with Crippen molar-refractivity contribution in [2.45, 2.75) is 25.6 Å². The van der Waals surface area contributed by atoms with Crippen LogP contribution in [0.5, 0.6) is 0 Å². The summed E-state index contributed by atoms with van der Waals surface area (Å²) in [5, 5.41) is 8.42. The maximum atomic E-state index is 12.5. The topological polar surface area (TPSA) is 70.2 Å². The van der Waals surface area contributed by atoms with E-state index >= 15 is 0 Å². The molecular weight excluding hydrogens is 407 g/mol. The van der Waals surface area contributed by atoms with Crippen molar-refractivity contribution in [1.82, 2.24) is 10.6 Å². The minimum Gasteiger partial charge on any atom is -0.348 e. The number of carbonyl (C=O) groups excluding carboxylic acids is 2. The van der Waals surface area contributed by atoms with Gasteiger partial charge in [0, 0.05) is 24.2 Å². The Bertz CT molecular complexity index is 794. The Morgan fingerprint density at radius 1 is 0.966 bits per heavy atom. The van der Waals surface area contributed by atoms with Gasteiger partial charge in [-0.05, 0) is 62.0 Å². The SMILES string of the molecule is CNCCCC(=O)Nc1ccc(CNC(=O)c2ccc(C(F)(F)F)cc2)cc1.Cl. The predicted molar refractivity (Wildman–Crippen MR) is 108 cm³/mol. The number of benzene rings is 2. The van der Waals surface area contributed by atoms with Crippen molar-refractivity contribution in [2.24, 2.45) is 0 Å². The Morgan fingerprint density at radius 3 is 2.14 bits per heavy atom. The van der Waals surface area contributed by atoms with E-state index in [0.717, 1.165) is 42.8 Å². The Hall–Kier alpha value is -2.58. The van der Waals surface area contributed by atoms with E-state index in [1.165, 1.54) is 0 Å². The van der Waals surface area contributed by atoms with Crippen LogP contribution in [0.15, 0.2) is 48.5 Å². The van der Waals surface area contributed by atoms with Gasteiger partial charge in [-0.1, -0.05) is 12.1 Å². The second kappa shape index (κ2) is 11.4. The van der Waals surface area contributed by atoms with E-state index in [1.807, 2.05) is 7.05 Å². The predicted octanol–water partition coefficient (Wildman–Crippen LogP) is 4.00. The number of nitrogens with one attached hydrogen (secondary N) is 3. The zero-order valence-electron chi connectivity index (χ0n) is 15.8. The van der Waals surface area contributed by atoms with Crippen molar-refractivity contribution in [1.29, 1.82) is 0 Å². The lowest BCUT2D eigenvalue weighted by Gasteiger charge is -2.09. The van der Waals surface area contributed by atoms with Gasteiger partial charge in [0.25, 0.3) is 5.91 Å². The zero-order valence-corrected chi connectivity index (χ0v) is 16.6. The smallest absolute Gasteiger partial charge is 0.348 e. The number of halogens is 4. The summed E-state index contributed by atoms with van der Waals surface area (Å²) < 4.78 is 37.6. The van der Waals surface area contributed by atoms with Gasteiger partial charge < -0.3 is 16.0 Å². The van der Waals surface area contributed by atoms with Crippen molar-refractivity contribution >= 4 is 29.9 Å². The Kier molecular flexibility index (Phi) is 9.64. The van der Waals surface area contributed by atoms with E-state index in [0.29, 0.717) is 12.1 Å². The molecule has 0 aliphatic heterocycles. The first-order valence-corrected chi connectivity index (χ1v) is 8.78. The molecule has 0 atom stereocenters. The molecule has 2 rings (SSSR count). The van der Waals surface area contributed by atoms with Crippen LogP contribution in [0.4, 0.5) is 18.9 Å². The lowest BCUT2D eigenvalue weighted by Crippen LogP contribution is -2.23. The summed E-state index contributed by atoms with van der Waals surface area (Å²) in [6, 6.07) is 11.0. The highest BCUT2D eigenvalue weighted by Gasteiger charge is 2.30. The van der Waals surface area contributed by atoms with E-state index in [1.54, 1.807) is 24.3 Å². The van der Waals surface area contributed by atoms with Gasteiger partial charge in [-0.2, -0.15) is 13.2 Å². The Labute approximate surface area is 173 Å². The highest BCUT2D eigenvalue weighted by atomic mass is 35.5. The van der Waals surface area contributed by atoms with Gasteiger partial charge in [-0.15, -0.1) is 12.4 Å². The molecule has 0 aliphatic rings. The summed E-state index contributed by atoms with van der Waals surface area (Å²) in [6.45, 7) is 0.987. The van der Waals surface area contributed by atoms with Crippen molar-refractivity contribution in [3.05, 3.63) is 65.2 Å². The summed E-state index contributed by atoms with van der Waals surface area (Å²) in [6.07, 6.45) is -3.26. The first kappa shape index (κ1) is 24.5. The molecule has 2 aromatic carbocycles. The minimum absolute atomic E-state index is 0. The van der Waals surface area contributed by atoms with Crippen molar-refractivity contribution < 1.29 is 22.8 Å². The second-order valence-corrected chi connectivity index (χ2v) is 6.21. The summed E-state index contributed by atoms with van der Waals surface area (Å²) in [7, 11) is 1.83. The van der Waals surface area contributed by atoms with Gasteiger partial charge in [0.2, 0.25) is 5.91 Å². The molecule has 0 saturated heterocycles. The molecule has 0 bridgehead atoms. The van der Waals surface area contributed by atoms with Crippen LogP contribution >= 0.6 is 12.4 Å². The van der Waals surface area contributed by atoms with Gasteiger partial charge >= 0.3 is 6.18 Å². The maximum absolute atomic E-state index is 12.5. The number of hydrogen-bond acceptors (Lipinski definition) is 3. The molecule has 29 heavy (non-hydrogen) atoms. The highest BCUT2D eigenvalue weighted by Crippen LogP contribution is 2.29. The number of anilines is 1. The molecule has 158 valence electrons. The average molecular weight is 430 g/mol. The third-order valence-corrected chi connectivity index (χ3v) is 4.00. The number of hydrogen-bond donors (Lipinski definition) is 3. The highest BCUT2D eigenvalue weighted by molar-refractivity contribution is 5.94. The second-order valence-electron chi connectivity index (χ2n) is 6.21. The van der Waals surface area contributed by atoms with E-state index in [9.17, 15) is 22.8 Å². The Balaban J connectivity index is 0.00000420. The van der Waals surface area contributed by atoms with Crippen LogP contribution in [0.25, 0.3) is 0 Å². The summed E-state index contributed by atoms with van der Waals surface area (Å²) in [4.78, 5) is 23.8. The molecule has 0 heterocycles. The summed E-state index contributed by atoms with van der Waals surface area (Å²) in [5.74, 6) is -0.533. The Morgan fingerprint density at radius 2 is 1.59 bits per heavy atom. The molecule has 0 radical (unpaired) electrons. The van der Waals surface area contributed by atoms with Crippen LogP contribution in [0, 0.1) is 0 Å². The van der Waals surface area contributed by atoms with Crippen molar-refractivity contribution in [3.8, 4) is 0 Å². The third kappa shape index (κ3) is 8.13. The van der Waals surface area contributed by atoms with Gasteiger partial charge in [0.05, 0.1) is 5.56 Å². The maximum Gasteiger partial charge on any atom is 0.416 e. The van der Waals surface area contributed by atoms with E-state index in [4.69, 9.17) is 0 Å². The van der Waals surface area contributed by atoms with Crippen LogP contribution in [-0.4, -0.2) is 25.4 Å². The van der Waals surface area contributed by atoms with Crippen LogP contribution in [-0.2, 0) is 17.5 Å². The fourth-order valence-corrected chi connectivity index (χ4v) is 2.45. The van der Waals surface area contributed by atoms with Gasteiger partial charge in [0.1, 0.15) is 0 Å². The summed E-state index contributed by atoms with van der Waals surface area (Å²) in [5.41, 5.74) is 0.812. The molecule has 2 aromatic rings. The lowest BCUT2D eigenvalue weighted by molar-refractivity contribution is -0.137. The van der Waals surface area contributed by atoms with Crippen LogP contribution in [0.3, 0.4) is 0 Å². The average Bonchev–Trinajstić information content (AvgIpc) is 2.67. The van der Waals surface area contributed by atoms with Crippen molar-refractivity contribution in [3.63, 3.8) is 0 Å².